The Labute approximate surface area is 99.3 Å². The second-order valence-corrected chi connectivity index (χ2v) is 4.61. The summed E-state index contributed by atoms with van der Waals surface area (Å²) in [5.41, 5.74) is 0.940. The number of methoxy groups -OCH3 is 1. The molecule has 1 aromatic rings. The summed E-state index contributed by atoms with van der Waals surface area (Å²) in [6.45, 7) is 10.5. The molecule has 0 spiro atoms. The molecule has 1 radical (unpaired) electrons. The van der Waals surface area contributed by atoms with Crippen LogP contribution in [-0.4, -0.2) is 17.1 Å². The van der Waals surface area contributed by atoms with Crippen LogP contribution in [0.25, 0.3) is 0 Å². The van der Waals surface area contributed by atoms with Gasteiger partial charge in [-0.2, -0.15) is 0 Å². The minimum Gasteiger partial charge on any atom is -0.480 e. The molecule has 0 bridgehead atoms. The van der Waals surface area contributed by atoms with Crippen molar-refractivity contribution >= 4 is 0 Å². The van der Waals surface area contributed by atoms with Gasteiger partial charge >= 0.3 is 0 Å². The summed E-state index contributed by atoms with van der Waals surface area (Å²) in [7, 11) is 1.62. The van der Waals surface area contributed by atoms with Crippen LogP contribution in [0, 0.1) is 11.8 Å². The number of aromatic nitrogens is 2. The van der Waals surface area contributed by atoms with Gasteiger partial charge < -0.3 is 4.74 Å². The van der Waals surface area contributed by atoms with Gasteiger partial charge in [0.05, 0.1) is 7.11 Å². The molecule has 3 nitrogen and oxygen atoms in total. The highest BCUT2D eigenvalue weighted by atomic mass is 16.5. The molecular weight excluding hydrogens is 200 g/mol. The van der Waals surface area contributed by atoms with Crippen molar-refractivity contribution in [3.05, 3.63) is 24.0 Å². The molecule has 1 aromatic heterocycles. The summed E-state index contributed by atoms with van der Waals surface area (Å²) in [5.74, 6) is 2.64. The quantitative estimate of drug-likeness (QED) is 0.788. The Bertz CT molecular complexity index is 282. The third kappa shape index (κ3) is 7.21. The molecule has 3 heteroatoms. The molecule has 0 aliphatic carbocycles. The lowest BCUT2D eigenvalue weighted by atomic mass is 10.1. The van der Waals surface area contributed by atoms with Crippen LogP contribution in [0.4, 0.5) is 0 Å². The zero-order valence-electron chi connectivity index (χ0n) is 11.2. The Morgan fingerprint density at radius 3 is 2.12 bits per heavy atom. The molecular formula is C13H23N2O. The van der Waals surface area contributed by atoms with Gasteiger partial charge in [-0.3, -0.25) is 4.98 Å². The molecule has 16 heavy (non-hydrogen) atoms. The first-order valence-electron chi connectivity index (χ1n) is 5.58. The Hall–Kier alpha value is -1.12. The van der Waals surface area contributed by atoms with E-state index in [9.17, 15) is 0 Å². The highest BCUT2D eigenvalue weighted by molar-refractivity contribution is 5.17. The van der Waals surface area contributed by atoms with Gasteiger partial charge in [-0.1, -0.05) is 34.6 Å². The lowest BCUT2D eigenvalue weighted by Crippen LogP contribution is -2.01. The molecule has 0 aromatic carbocycles. The Kier molecular flexibility index (Phi) is 7.52. The van der Waals surface area contributed by atoms with Crippen molar-refractivity contribution < 1.29 is 4.74 Å². The van der Waals surface area contributed by atoms with E-state index in [-0.39, 0.29) is 0 Å². The number of rotatable bonds is 3. The van der Waals surface area contributed by atoms with Gasteiger partial charge in [0, 0.05) is 12.4 Å². The van der Waals surface area contributed by atoms with Crippen LogP contribution in [0.15, 0.2) is 12.4 Å². The van der Waals surface area contributed by atoms with E-state index < -0.39 is 0 Å². The van der Waals surface area contributed by atoms with Gasteiger partial charge in [-0.05, 0) is 18.3 Å². The molecule has 0 saturated carbocycles. The van der Waals surface area contributed by atoms with Crippen molar-refractivity contribution in [1.29, 1.82) is 0 Å². The fraction of sp³-hybridized carbons (Fsp3) is 0.615. The predicted octanol–water partition coefficient (Wildman–Crippen LogP) is 3.30. The van der Waals surface area contributed by atoms with Crippen LogP contribution in [0.3, 0.4) is 0 Å². The zero-order chi connectivity index (χ0) is 12.6. The zero-order valence-corrected chi connectivity index (χ0v) is 11.2. The number of nitrogens with zero attached hydrogens (tertiary/aromatic N) is 2. The summed E-state index contributed by atoms with van der Waals surface area (Å²) in [6.07, 6.45) is 4.25. The Morgan fingerprint density at radius 1 is 1.19 bits per heavy atom. The topological polar surface area (TPSA) is 35.0 Å². The van der Waals surface area contributed by atoms with Crippen molar-refractivity contribution in [2.24, 2.45) is 5.92 Å². The molecule has 0 saturated heterocycles. The second kappa shape index (κ2) is 8.08. The van der Waals surface area contributed by atoms with Gasteiger partial charge in [0.2, 0.25) is 5.88 Å². The molecule has 0 aliphatic rings. The molecule has 0 fully saturated rings. The average Bonchev–Trinajstić information content (AvgIpc) is 2.17. The Balaban J connectivity index is 0.000000487. The van der Waals surface area contributed by atoms with Gasteiger partial charge in [0.25, 0.3) is 0 Å². The molecule has 0 N–H and O–H groups in total. The van der Waals surface area contributed by atoms with Gasteiger partial charge in [-0.15, -0.1) is 0 Å². The molecule has 0 unspecified atom stereocenters. The van der Waals surface area contributed by atoms with Crippen molar-refractivity contribution in [3.63, 3.8) is 0 Å². The highest BCUT2D eigenvalue weighted by Gasteiger charge is 2.06. The first-order valence-corrected chi connectivity index (χ1v) is 5.58. The van der Waals surface area contributed by atoms with Crippen molar-refractivity contribution in [3.8, 4) is 5.88 Å². The van der Waals surface area contributed by atoms with E-state index in [1.807, 2.05) is 0 Å². The number of ether oxygens (including phenoxy) is 1. The first kappa shape index (κ1) is 14.9. The standard InChI is InChI=1S/C9H14N2O.C4H9/c1-7(2)6-8-9(12-3)11-5-4-10-8;1-4(2)3/h4-5,7H,6H2,1-3H3;1-3H3. The highest BCUT2D eigenvalue weighted by Crippen LogP contribution is 2.14. The van der Waals surface area contributed by atoms with E-state index in [0.717, 1.165) is 12.1 Å². The summed E-state index contributed by atoms with van der Waals surface area (Å²) in [6, 6.07) is 0. The van der Waals surface area contributed by atoms with E-state index >= 15 is 0 Å². The van der Waals surface area contributed by atoms with Crippen LogP contribution in [0.5, 0.6) is 5.88 Å². The van der Waals surface area contributed by atoms with Crippen LogP contribution >= 0.6 is 0 Å². The first-order chi connectivity index (χ1) is 7.47. The Morgan fingerprint density at radius 2 is 1.69 bits per heavy atom. The van der Waals surface area contributed by atoms with Crippen LogP contribution in [-0.2, 0) is 6.42 Å². The third-order valence-electron chi connectivity index (χ3n) is 1.53. The molecule has 1 heterocycles. The van der Waals surface area contributed by atoms with Crippen LogP contribution in [0.2, 0.25) is 0 Å². The molecule has 0 atom stereocenters. The van der Waals surface area contributed by atoms with Gasteiger partial charge in [0.15, 0.2) is 0 Å². The van der Waals surface area contributed by atoms with E-state index in [1.165, 1.54) is 5.92 Å². The summed E-state index contributed by atoms with van der Waals surface area (Å²) in [4.78, 5) is 8.27. The van der Waals surface area contributed by atoms with E-state index in [0.29, 0.717) is 11.8 Å². The summed E-state index contributed by atoms with van der Waals surface area (Å²) < 4.78 is 5.07. The van der Waals surface area contributed by atoms with E-state index in [1.54, 1.807) is 19.5 Å². The summed E-state index contributed by atoms with van der Waals surface area (Å²) >= 11 is 0. The number of hydrogen-bond donors (Lipinski definition) is 0. The SMILES string of the molecule is COc1nccnc1CC(C)C.C[C](C)C. The number of hydrogen-bond acceptors (Lipinski definition) is 3. The second-order valence-electron chi connectivity index (χ2n) is 4.61. The van der Waals surface area contributed by atoms with Crippen LogP contribution in [0.1, 0.15) is 40.3 Å². The minimum atomic E-state index is 0.579. The van der Waals surface area contributed by atoms with Gasteiger partial charge in [0.1, 0.15) is 5.69 Å². The maximum atomic E-state index is 5.07. The van der Waals surface area contributed by atoms with Crippen molar-refractivity contribution in [2.75, 3.05) is 7.11 Å². The molecule has 91 valence electrons. The predicted molar refractivity (Wildman–Crippen MR) is 67.4 cm³/mol. The molecule has 1 rings (SSSR count). The van der Waals surface area contributed by atoms with Crippen molar-refractivity contribution in [2.45, 2.75) is 41.0 Å². The largest absolute Gasteiger partial charge is 0.480 e. The fourth-order valence-corrected chi connectivity index (χ4v) is 1.05. The van der Waals surface area contributed by atoms with E-state index in [2.05, 4.69) is 44.6 Å². The lowest BCUT2D eigenvalue weighted by Gasteiger charge is -2.06. The van der Waals surface area contributed by atoms with E-state index in [4.69, 9.17) is 4.74 Å². The summed E-state index contributed by atoms with van der Waals surface area (Å²) in [5, 5.41) is 0. The minimum absolute atomic E-state index is 0.579. The maximum absolute atomic E-state index is 5.07. The normalized spacial score (nSPS) is 10.0. The smallest absolute Gasteiger partial charge is 0.235 e. The van der Waals surface area contributed by atoms with Crippen molar-refractivity contribution in [1.82, 2.24) is 9.97 Å². The third-order valence-corrected chi connectivity index (χ3v) is 1.53. The monoisotopic (exact) mass is 223 g/mol. The molecule has 0 amide bonds. The van der Waals surface area contributed by atoms with Gasteiger partial charge in [-0.25, -0.2) is 4.98 Å². The average molecular weight is 223 g/mol. The molecule has 0 aliphatic heterocycles. The fourth-order valence-electron chi connectivity index (χ4n) is 1.05. The lowest BCUT2D eigenvalue weighted by molar-refractivity contribution is 0.386. The van der Waals surface area contributed by atoms with Crippen LogP contribution < -0.4 is 4.74 Å². The maximum Gasteiger partial charge on any atom is 0.235 e.